The van der Waals surface area contributed by atoms with Crippen molar-refractivity contribution in [2.24, 2.45) is 0 Å². The summed E-state index contributed by atoms with van der Waals surface area (Å²) in [4.78, 5) is 30.1. The van der Waals surface area contributed by atoms with E-state index in [1.54, 1.807) is 21.7 Å². The van der Waals surface area contributed by atoms with Crippen LogP contribution in [-0.4, -0.2) is 64.6 Å². The van der Waals surface area contributed by atoms with E-state index in [0.29, 0.717) is 28.3 Å². The molecule has 1 aliphatic rings. The van der Waals surface area contributed by atoms with Gasteiger partial charge in [0.25, 0.3) is 0 Å². The van der Waals surface area contributed by atoms with Crippen LogP contribution in [0.2, 0.25) is 0 Å². The summed E-state index contributed by atoms with van der Waals surface area (Å²) in [5.41, 5.74) is 1.58. The second kappa shape index (κ2) is 11.9. The summed E-state index contributed by atoms with van der Waals surface area (Å²) in [6.07, 6.45) is 4.34. The summed E-state index contributed by atoms with van der Waals surface area (Å²) in [5, 5.41) is 11.6. The van der Waals surface area contributed by atoms with Crippen molar-refractivity contribution < 1.29 is 23.8 Å². The Hall–Kier alpha value is -3.82. The van der Waals surface area contributed by atoms with E-state index in [-0.39, 0.29) is 24.4 Å². The zero-order chi connectivity index (χ0) is 28.2. The molecule has 0 spiro atoms. The molecule has 1 saturated carbocycles. The SMILES string of the molecule is CCC(C)(C)NC(=O)C(c1cc(OC)c(OC)c(OC)c1)N(C(=O)Cn1nnc2ccccc21)C1CCCC1. The minimum Gasteiger partial charge on any atom is -0.493 e. The molecule has 2 amide bonds. The number of fused-ring (bicyclic) bond motifs is 1. The molecule has 1 aliphatic carbocycles. The van der Waals surface area contributed by atoms with Gasteiger partial charge in [0.15, 0.2) is 11.5 Å². The van der Waals surface area contributed by atoms with Crippen LogP contribution in [-0.2, 0) is 16.1 Å². The number of hydrogen-bond donors (Lipinski definition) is 1. The van der Waals surface area contributed by atoms with E-state index in [1.165, 1.54) is 21.3 Å². The van der Waals surface area contributed by atoms with Gasteiger partial charge in [-0.15, -0.1) is 5.10 Å². The van der Waals surface area contributed by atoms with E-state index in [1.807, 2.05) is 45.0 Å². The van der Waals surface area contributed by atoms with Crippen LogP contribution in [0.15, 0.2) is 36.4 Å². The molecule has 10 nitrogen and oxygen atoms in total. The van der Waals surface area contributed by atoms with Crippen molar-refractivity contribution >= 4 is 22.8 Å². The monoisotopic (exact) mass is 537 g/mol. The van der Waals surface area contributed by atoms with Crippen molar-refractivity contribution in [3.63, 3.8) is 0 Å². The number of hydrogen-bond acceptors (Lipinski definition) is 7. The van der Waals surface area contributed by atoms with Crippen molar-refractivity contribution in [1.29, 1.82) is 0 Å². The average Bonchev–Trinajstić information content (AvgIpc) is 3.61. The molecule has 1 unspecified atom stereocenters. The number of aromatic nitrogens is 3. The van der Waals surface area contributed by atoms with Crippen LogP contribution in [0.25, 0.3) is 11.0 Å². The van der Waals surface area contributed by atoms with E-state index < -0.39 is 11.6 Å². The normalized spacial score (nSPS) is 14.7. The Labute approximate surface area is 229 Å². The quantitative estimate of drug-likeness (QED) is 0.389. The fraction of sp³-hybridized carbons (Fsp3) is 0.517. The smallest absolute Gasteiger partial charge is 0.247 e. The van der Waals surface area contributed by atoms with E-state index in [0.717, 1.165) is 37.6 Å². The maximum absolute atomic E-state index is 14.2. The van der Waals surface area contributed by atoms with Crippen LogP contribution in [0.3, 0.4) is 0 Å². The lowest BCUT2D eigenvalue weighted by atomic mass is 9.96. The lowest BCUT2D eigenvalue weighted by Crippen LogP contribution is -2.53. The number of methoxy groups -OCH3 is 3. The molecule has 3 aromatic rings. The number of amides is 2. The van der Waals surface area contributed by atoms with Gasteiger partial charge in [-0.2, -0.15) is 0 Å². The first-order valence-electron chi connectivity index (χ1n) is 13.4. The van der Waals surface area contributed by atoms with Crippen molar-refractivity contribution in [3.8, 4) is 17.2 Å². The number of carbonyl (C=O) groups excluding carboxylic acids is 2. The summed E-state index contributed by atoms with van der Waals surface area (Å²) in [5.74, 6) is 0.784. The topological polar surface area (TPSA) is 108 Å². The summed E-state index contributed by atoms with van der Waals surface area (Å²) >= 11 is 0. The Bertz CT molecular complexity index is 1290. The van der Waals surface area contributed by atoms with Crippen LogP contribution in [0.1, 0.15) is 64.5 Å². The van der Waals surface area contributed by atoms with Crippen LogP contribution in [0.5, 0.6) is 17.2 Å². The minimum atomic E-state index is -0.921. The van der Waals surface area contributed by atoms with E-state index in [4.69, 9.17) is 14.2 Å². The highest BCUT2D eigenvalue weighted by molar-refractivity contribution is 5.90. The number of carbonyl (C=O) groups is 2. The molecule has 0 saturated heterocycles. The first-order chi connectivity index (χ1) is 18.7. The molecule has 1 fully saturated rings. The van der Waals surface area contributed by atoms with Crippen molar-refractivity contribution in [2.45, 2.75) is 77.0 Å². The number of para-hydroxylation sites is 1. The first kappa shape index (κ1) is 28.2. The Kier molecular flexibility index (Phi) is 8.62. The summed E-state index contributed by atoms with van der Waals surface area (Å²) < 4.78 is 18.3. The molecule has 0 aliphatic heterocycles. The molecule has 0 radical (unpaired) electrons. The van der Waals surface area contributed by atoms with Gasteiger partial charge in [-0.25, -0.2) is 4.68 Å². The highest BCUT2D eigenvalue weighted by atomic mass is 16.5. The zero-order valence-corrected chi connectivity index (χ0v) is 23.7. The van der Waals surface area contributed by atoms with Gasteiger partial charge in [0.2, 0.25) is 17.6 Å². The summed E-state index contributed by atoms with van der Waals surface area (Å²) in [6.45, 7) is 5.92. The van der Waals surface area contributed by atoms with Crippen molar-refractivity contribution in [3.05, 3.63) is 42.0 Å². The third-order valence-electron chi connectivity index (χ3n) is 7.59. The lowest BCUT2D eigenvalue weighted by molar-refractivity contribution is -0.145. The molecule has 10 heteroatoms. The van der Waals surface area contributed by atoms with Crippen molar-refractivity contribution in [2.75, 3.05) is 21.3 Å². The van der Waals surface area contributed by atoms with Crippen LogP contribution in [0, 0.1) is 0 Å². The van der Waals surface area contributed by atoms with Gasteiger partial charge in [0, 0.05) is 11.6 Å². The van der Waals surface area contributed by atoms with Gasteiger partial charge in [-0.3, -0.25) is 9.59 Å². The third kappa shape index (κ3) is 5.94. The maximum atomic E-state index is 14.2. The van der Waals surface area contributed by atoms with Crippen molar-refractivity contribution in [1.82, 2.24) is 25.2 Å². The highest BCUT2D eigenvalue weighted by Gasteiger charge is 2.40. The fourth-order valence-corrected chi connectivity index (χ4v) is 5.17. The van der Waals surface area contributed by atoms with Gasteiger partial charge < -0.3 is 24.4 Å². The average molecular weight is 538 g/mol. The minimum absolute atomic E-state index is 0.0393. The van der Waals surface area contributed by atoms with Gasteiger partial charge in [0.05, 0.1) is 26.8 Å². The molecular formula is C29H39N5O5. The molecule has 1 aromatic heterocycles. The summed E-state index contributed by atoms with van der Waals surface area (Å²) in [7, 11) is 4.60. The number of ether oxygens (including phenoxy) is 3. The molecule has 4 rings (SSSR count). The van der Waals surface area contributed by atoms with Gasteiger partial charge in [-0.1, -0.05) is 37.1 Å². The first-order valence-corrected chi connectivity index (χ1v) is 13.4. The highest BCUT2D eigenvalue weighted by Crippen LogP contribution is 2.42. The Morgan fingerprint density at radius 2 is 1.72 bits per heavy atom. The molecular weight excluding hydrogens is 498 g/mol. The Morgan fingerprint density at radius 1 is 1.08 bits per heavy atom. The molecule has 1 heterocycles. The van der Waals surface area contributed by atoms with E-state index in [9.17, 15) is 9.59 Å². The van der Waals surface area contributed by atoms with Crippen LogP contribution >= 0.6 is 0 Å². The molecule has 2 aromatic carbocycles. The van der Waals surface area contributed by atoms with E-state index >= 15 is 0 Å². The van der Waals surface area contributed by atoms with E-state index in [2.05, 4.69) is 15.6 Å². The number of nitrogens with zero attached hydrogens (tertiary/aromatic N) is 4. The summed E-state index contributed by atoms with van der Waals surface area (Å²) in [6, 6.07) is 10.00. The molecule has 39 heavy (non-hydrogen) atoms. The number of rotatable bonds is 11. The van der Waals surface area contributed by atoms with Crippen LogP contribution < -0.4 is 19.5 Å². The standard InChI is InChI=1S/C29H39N5O5/c1-7-29(2,3)30-28(36)26(19-16-23(37-4)27(39-6)24(17-19)38-5)34(20-12-8-9-13-20)25(35)18-33-22-15-11-10-14-21(22)31-32-33/h10-11,14-17,20,26H,7-9,12-13,18H2,1-6H3,(H,30,36). The van der Waals surface area contributed by atoms with Gasteiger partial charge in [-0.05, 0) is 62.9 Å². The third-order valence-corrected chi connectivity index (χ3v) is 7.59. The predicted molar refractivity (Wildman–Crippen MR) is 148 cm³/mol. The fourth-order valence-electron chi connectivity index (χ4n) is 5.17. The van der Waals surface area contributed by atoms with Gasteiger partial charge in [0.1, 0.15) is 18.1 Å². The predicted octanol–water partition coefficient (Wildman–Crippen LogP) is 4.27. The molecule has 1 atom stereocenters. The zero-order valence-electron chi connectivity index (χ0n) is 23.7. The molecule has 0 bridgehead atoms. The van der Waals surface area contributed by atoms with Gasteiger partial charge >= 0.3 is 0 Å². The number of nitrogens with one attached hydrogen (secondary N) is 1. The Morgan fingerprint density at radius 3 is 2.31 bits per heavy atom. The number of benzene rings is 2. The largest absolute Gasteiger partial charge is 0.493 e. The lowest BCUT2D eigenvalue weighted by Gasteiger charge is -2.38. The second-order valence-corrected chi connectivity index (χ2v) is 10.6. The second-order valence-electron chi connectivity index (χ2n) is 10.6. The van der Waals surface area contributed by atoms with Crippen LogP contribution in [0.4, 0.5) is 0 Å². The molecule has 1 N–H and O–H groups in total. The Balaban J connectivity index is 1.83. The molecule has 210 valence electrons. The maximum Gasteiger partial charge on any atom is 0.247 e.